The third kappa shape index (κ3) is 1.89. The van der Waals surface area contributed by atoms with Crippen molar-refractivity contribution < 1.29 is 4.74 Å². The molecule has 0 spiro atoms. The number of nitrogen functional groups attached to an aromatic ring is 1. The third-order valence-corrected chi connectivity index (χ3v) is 2.29. The summed E-state index contributed by atoms with van der Waals surface area (Å²) >= 11 is 0. The largest absolute Gasteiger partial charge is 0.489 e. The fourth-order valence-electron chi connectivity index (χ4n) is 1.63. The highest BCUT2D eigenvalue weighted by Gasteiger charge is 2.05. The van der Waals surface area contributed by atoms with Gasteiger partial charge < -0.3 is 10.5 Å². The van der Waals surface area contributed by atoms with Crippen LogP contribution in [0.4, 0.5) is 5.69 Å². The lowest BCUT2D eigenvalue weighted by atomic mass is 10.1. The number of benzene rings is 2. The molecular formula is C13H15NO. The topological polar surface area (TPSA) is 35.2 Å². The second kappa shape index (κ2) is 3.81. The van der Waals surface area contributed by atoms with Gasteiger partial charge in [0, 0.05) is 5.39 Å². The number of anilines is 1. The van der Waals surface area contributed by atoms with E-state index in [0.29, 0.717) is 0 Å². The summed E-state index contributed by atoms with van der Waals surface area (Å²) in [6, 6.07) is 12.0. The summed E-state index contributed by atoms with van der Waals surface area (Å²) in [5, 5.41) is 2.20. The minimum absolute atomic E-state index is 0.147. The molecule has 2 rings (SSSR count). The van der Waals surface area contributed by atoms with Crippen molar-refractivity contribution in [1.29, 1.82) is 0 Å². The zero-order chi connectivity index (χ0) is 10.8. The molecule has 0 heterocycles. The van der Waals surface area contributed by atoms with E-state index in [4.69, 9.17) is 10.5 Å². The summed E-state index contributed by atoms with van der Waals surface area (Å²) in [4.78, 5) is 0. The second-order valence-electron chi connectivity index (χ2n) is 3.87. The van der Waals surface area contributed by atoms with Crippen LogP contribution in [0, 0.1) is 0 Å². The first-order valence-electron chi connectivity index (χ1n) is 5.12. The molecule has 78 valence electrons. The van der Waals surface area contributed by atoms with Crippen LogP contribution in [0.2, 0.25) is 0 Å². The van der Waals surface area contributed by atoms with Crippen LogP contribution in [0.15, 0.2) is 36.4 Å². The van der Waals surface area contributed by atoms with Gasteiger partial charge in [0.15, 0.2) is 0 Å². The molecule has 0 saturated carbocycles. The number of rotatable bonds is 2. The van der Waals surface area contributed by atoms with Gasteiger partial charge >= 0.3 is 0 Å². The van der Waals surface area contributed by atoms with Crippen LogP contribution in [0.1, 0.15) is 13.8 Å². The van der Waals surface area contributed by atoms with Gasteiger partial charge in [0.05, 0.1) is 11.8 Å². The third-order valence-electron chi connectivity index (χ3n) is 2.29. The molecule has 0 aliphatic rings. The van der Waals surface area contributed by atoms with Gasteiger partial charge in [-0.1, -0.05) is 30.3 Å². The fourth-order valence-corrected chi connectivity index (χ4v) is 1.63. The van der Waals surface area contributed by atoms with E-state index in [-0.39, 0.29) is 6.10 Å². The van der Waals surface area contributed by atoms with E-state index >= 15 is 0 Å². The Morgan fingerprint density at radius 2 is 1.80 bits per heavy atom. The van der Waals surface area contributed by atoms with Crippen LogP contribution in [0.3, 0.4) is 0 Å². The Kier molecular flexibility index (Phi) is 2.50. The Morgan fingerprint density at radius 1 is 1.07 bits per heavy atom. The van der Waals surface area contributed by atoms with Gasteiger partial charge in [-0.2, -0.15) is 0 Å². The van der Waals surface area contributed by atoms with Crippen molar-refractivity contribution in [3.8, 4) is 5.75 Å². The molecule has 0 aliphatic heterocycles. The van der Waals surface area contributed by atoms with E-state index in [2.05, 4.69) is 0 Å². The maximum atomic E-state index is 6.04. The molecule has 0 unspecified atom stereocenters. The first-order valence-corrected chi connectivity index (χ1v) is 5.12. The molecule has 2 heteroatoms. The molecule has 2 aromatic carbocycles. The lowest BCUT2D eigenvalue weighted by Crippen LogP contribution is -2.07. The van der Waals surface area contributed by atoms with E-state index in [9.17, 15) is 0 Å². The molecule has 0 atom stereocenters. The summed E-state index contributed by atoms with van der Waals surface area (Å²) in [5.41, 5.74) is 6.77. The van der Waals surface area contributed by atoms with Crippen LogP contribution in [-0.2, 0) is 0 Å². The van der Waals surface area contributed by atoms with Gasteiger partial charge in [-0.05, 0) is 25.3 Å². The van der Waals surface area contributed by atoms with Crippen LogP contribution in [0.5, 0.6) is 5.75 Å². The monoisotopic (exact) mass is 201 g/mol. The zero-order valence-corrected chi connectivity index (χ0v) is 9.03. The Balaban J connectivity index is 2.55. The van der Waals surface area contributed by atoms with Gasteiger partial charge in [-0.3, -0.25) is 0 Å². The molecule has 0 fully saturated rings. The first kappa shape index (κ1) is 9.84. The number of hydrogen-bond acceptors (Lipinski definition) is 2. The van der Waals surface area contributed by atoms with Crippen LogP contribution >= 0.6 is 0 Å². The minimum Gasteiger partial charge on any atom is -0.489 e. The molecule has 2 aromatic rings. The molecule has 0 aromatic heterocycles. The lowest BCUT2D eigenvalue weighted by Gasteiger charge is -2.13. The maximum Gasteiger partial charge on any atom is 0.143 e. The van der Waals surface area contributed by atoms with Crippen LogP contribution in [0.25, 0.3) is 10.8 Å². The van der Waals surface area contributed by atoms with Crippen molar-refractivity contribution in [3.05, 3.63) is 36.4 Å². The Labute approximate surface area is 89.7 Å². The minimum atomic E-state index is 0.147. The summed E-state index contributed by atoms with van der Waals surface area (Å²) in [6.45, 7) is 3.99. The molecule has 2 nitrogen and oxygen atoms in total. The van der Waals surface area contributed by atoms with Crippen LogP contribution < -0.4 is 10.5 Å². The fraction of sp³-hybridized carbons (Fsp3) is 0.231. The molecule has 0 radical (unpaired) electrons. The van der Waals surface area contributed by atoms with Crippen molar-refractivity contribution in [1.82, 2.24) is 0 Å². The summed E-state index contributed by atoms with van der Waals surface area (Å²) in [6.07, 6.45) is 0.147. The van der Waals surface area contributed by atoms with Crippen molar-refractivity contribution in [2.75, 3.05) is 5.73 Å². The number of fused-ring (bicyclic) bond motifs is 1. The Hall–Kier alpha value is -1.70. The van der Waals surface area contributed by atoms with Gasteiger partial charge in [0.25, 0.3) is 0 Å². The van der Waals surface area contributed by atoms with Crippen molar-refractivity contribution >= 4 is 16.5 Å². The Morgan fingerprint density at radius 3 is 2.53 bits per heavy atom. The number of ether oxygens (including phenoxy) is 1. The Bertz CT molecular complexity index is 477. The molecule has 0 amide bonds. The van der Waals surface area contributed by atoms with E-state index < -0.39 is 0 Å². The predicted molar refractivity (Wildman–Crippen MR) is 64.1 cm³/mol. The van der Waals surface area contributed by atoms with E-state index in [1.807, 2.05) is 50.2 Å². The average molecular weight is 201 g/mol. The maximum absolute atomic E-state index is 6.04. The quantitative estimate of drug-likeness (QED) is 0.757. The van der Waals surface area contributed by atoms with Gasteiger partial charge in [-0.15, -0.1) is 0 Å². The number of nitrogens with two attached hydrogens (primary N) is 1. The van der Waals surface area contributed by atoms with Crippen molar-refractivity contribution in [2.24, 2.45) is 0 Å². The highest BCUT2D eigenvalue weighted by Crippen LogP contribution is 2.30. The molecule has 15 heavy (non-hydrogen) atoms. The van der Waals surface area contributed by atoms with E-state index in [0.717, 1.165) is 22.2 Å². The highest BCUT2D eigenvalue weighted by atomic mass is 16.5. The molecular weight excluding hydrogens is 186 g/mol. The zero-order valence-electron chi connectivity index (χ0n) is 9.03. The predicted octanol–water partition coefficient (Wildman–Crippen LogP) is 3.21. The average Bonchev–Trinajstić information content (AvgIpc) is 2.22. The molecule has 0 saturated heterocycles. The van der Waals surface area contributed by atoms with Gasteiger partial charge in [0.1, 0.15) is 5.75 Å². The molecule has 0 aliphatic carbocycles. The van der Waals surface area contributed by atoms with Crippen molar-refractivity contribution in [2.45, 2.75) is 20.0 Å². The second-order valence-corrected chi connectivity index (χ2v) is 3.87. The summed E-state index contributed by atoms with van der Waals surface area (Å²) < 4.78 is 5.63. The highest BCUT2D eigenvalue weighted by molar-refractivity contribution is 5.95. The van der Waals surface area contributed by atoms with Gasteiger partial charge in [-0.25, -0.2) is 0 Å². The molecule has 0 bridgehead atoms. The lowest BCUT2D eigenvalue weighted by molar-refractivity contribution is 0.244. The van der Waals surface area contributed by atoms with Crippen LogP contribution in [-0.4, -0.2) is 6.10 Å². The summed E-state index contributed by atoms with van der Waals surface area (Å²) in [5.74, 6) is 0.767. The smallest absolute Gasteiger partial charge is 0.143 e. The van der Waals surface area contributed by atoms with Crippen molar-refractivity contribution in [3.63, 3.8) is 0 Å². The summed E-state index contributed by atoms with van der Waals surface area (Å²) in [7, 11) is 0. The normalized spacial score (nSPS) is 10.9. The standard InChI is InChI=1S/C13H15NO/c1-9(2)15-12-8-7-10-5-3-4-6-11(10)13(12)14/h3-9H,14H2,1-2H3. The van der Waals surface area contributed by atoms with E-state index in [1.165, 1.54) is 0 Å². The number of hydrogen-bond donors (Lipinski definition) is 1. The SMILES string of the molecule is CC(C)Oc1ccc2ccccc2c1N. The van der Waals surface area contributed by atoms with Gasteiger partial charge in [0.2, 0.25) is 0 Å². The molecule has 2 N–H and O–H groups in total. The first-order chi connectivity index (χ1) is 7.18. The van der Waals surface area contributed by atoms with E-state index in [1.54, 1.807) is 0 Å².